The lowest BCUT2D eigenvalue weighted by Crippen LogP contribution is -2.45. The van der Waals surface area contributed by atoms with Crippen LogP contribution < -0.4 is 4.90 Å². The van der Waals surface area contributed by atoms with Gasteiger partial charge in [-0.2, -0.15) is 0 Å². The van der Waals surface area contributed by atoms with E-state index in [1.165, 1.54) is 4.88 Å². The minimum Gasteiger partial charge on any atom is -0.331 e. The predicted molar refractivity (Wildman–Crippen MR) is 97.2 cm³/mol. The van der Waals surface area contributed by atoms with Crippen molar-refractivity contribution >= 4 is 28.8 Å². The Kier molecular flexibility index (Phi) is 5.30. The van der Waals surface area contributed by atoms with Gasteiger partial charge in [0.05, 0.1) is 0 Å². The van der Waals surface area contributed by atoms with Crippen molar-refractivity contribution in [2.45, 2.75) is 32.2 Å². The molecule has 0 aliphatic carbocycles. The summed E-state index contributed by atoms with van der Waals surface area (Å²) in [5, 5.41) is 2.02. The molecule has 2 aromatic rings. The Balaban J connectivity index is 1.65. The van der Waals surface area contributed by atoms with Crippen LogP contribution in [0, 0.1) is 0 Å². The minimum absolute atomic E-state index is 0.0347. The van der Waals surface area contributed by atoms with Gasteiger partial charge in [0.1, 0.15) is 6.04 Å². The van der Waals surface area contributed by atoms with Crippen LogP contribution in [0.3, 0.4) is 0 Å². The zero-order valence-electron chi connectivity index (χ0n) is 13.9. The third-order valence-electron chi connectivity index (χ3n) is 4.45. The Morgan fingerprint density at radius 3 is 2.71 bits per heavy atom. The normalized spacial score (nSPS) is 17.3. The second-order valence-corrected chi connectivity index (χ2v) is 6.92. The largest absolute Gasteiger partial charge is 0.331 e. The van der Waals surface area contributed by atoms with Crippen molar-refractivity contribution in [3.8, 4) is 0 Å². The fourth-order valence-corrected chi connectivity index (χ4v) is 3.93. The molecule has 1 aromatic heterocycles. The maximum absolute atomic E-state index is 12.8. The summed E-state index contributed by atoms with van der Waals surface area (Å²) in [7, 11) is 0. The first-order valence-corrected chi connectivity index (χ1v) is 9.27. The summed E-state index contributed by atoms with van der Waals surface area (Å²) < 4.78 is 0. The van der Waals surface area contributed by atoms with Gasteiger partial charge >= 0.3 is 0 Å². The van der Waals surface area contributed by atoms with Crippen LogP contribution >= 0.6 is 11.3 Å². The number of aryl methyl sites for hydroxylation is 1. The van der Waals surface area contributed by atoms with Crippen molar-refractivity contribution in [2.75, 3.05) is 18.0 Å². The van der Waals surface area contributed by atoms with Crippen LogP contribution in [0.25, 0.3) is 0 Å². The molecule has 2 amide bonds. The Bertz CT molecular complexity index is 685. The molecule has 1 aliphatic heterocycles. The molecule has 2 heterocycles. The van der Waals surface area contributed by atoms with Gasteiger partial charge in [-0.1, -0.05) is 24.3 Å². The maximum atomic E-state index is 12.8. The molecular formula is C19H22N2O2S. The smallest absolute Gasteiger partial charge is 0.249 e. The number of benzene rings is 1. The van der Waals surface area contributed by atoms with Gasteiger partial charge in [0.2, 0.25) is 11.8 Å². The first kappa shape index (κ1) is 16.7. The van der Waals surface area contributed by atoms with E-state index in [9.17, 15) is 9.59 Å². The summed E-state index contributed by atoms with van der Waals surface area (Å²) in [6, 6.07) is 13.4. The molecule has 1 fully saturated rings. The highest BCUT2D eigenvalue weighted by Gasteiger charge is 2.37. The molecule has 0 radical (unpaired) electrons. The highest BCUT2D eigenvalue weighted by atomic mass is 32.1. The highest BCUT2D eigenvalue weighted by molar-refractivity contribution is 7.09. The molecule has 1 atom stereocenters. The molecule has 126 valence electrons. The number of rotatable bonds is 6. The molecule has 4 nitrogen and oxygen atoms in total. The van der Waals surface area contributed by atoms with Gasteiger partial charge < -0.3 is 9.80 Å². The number of carbonyl (C=O) groups is 2. The molecule has 1 saturated heterocycles. The predicted octanol–water partition coefficient (Wildman–Crippen LogP) is 3.33. The van der Waals surface area contributed by atoms with E-state index >= 15 is 0 Å². The Morgan fingerprint density at radius 1 is 1.25 bits per heavy atom. The van der Waals surface area contributed by atoms with Crippen LogP contribution in [0.15, 0.2) is 47.8 Å². The number of hydrogen-bond acceptors (Lipinski definition) is 3. The maximum Gasteiger partial charge on any atom is 0.249 e. The fraction of sp³-hybridized carbons (Fsp3) is 0.368. The number of thiophene rings is 1. The summed E-state index contributed by atoms with van der Waals surface area (Å²) in [6.45, 7) is 3.19. The van der Waals surface area contributed by atoms with Gasteiger partial charge in [-0.05, 0) is 43.3 Å². The van der Waals surface area contributed by atoms with E-state index in [1.54, 1.807) is 21.1 Å². The van der Waals surface area contributed by atoms with Gasteiger partial charge in [0.15, 0.2) is 0 Å². The van der Waals surface area contributed by atoms with E-state index in [0.29, 0.717) is 25.9 Å². The third-order valence-corrected chi connectivity index (χ3v) is 5.38. The monoisotopic (exact) mass is 342 g/mol. The van der Waals surface area contributed by atoms with Gasteiger partial charge in [-0.15, -0.1) is 11.3 Å². The van der Waals surface area contributed by atoms with Crippen molar-refractivity contribution in [2.24, 2.45) is 0 Å². The third kappa shape index (κ3) is 3.51. The molecule has 1 unspecified atom stereocenters. The van der Waals surface area contributed by atoms with Crippen LogP contribution in [0.2, 0.25) is 0 Å². The van der Waals surface area contributed by atoms with E-state index < -0.39 is 0 Å². The lowest BCUT2D eigenvalue weighted by molar-refractivity contribution is -0.138. The molecule has 5 heteroatoms. The van der Waals surface area contributed by atoms with Crippen molar-refractivity contribution in [3.63, 3.8) is 0 Å². The second-order valence-electron chi connectivity index (χ2n) is 5.89. The Labute approximate surface area is 146 Å². The standard InChI is InChI=1S/C19H22N2O2S/c1-2-20(18(22)11-10-16-9-6-14-24-16)17-12-13-21(19(17)23)15-7-4-3-5-8-15/h3-9,14,17H,2,10-13H2,1H3. The average Bonchev–Trinajstić information content (AvgIpc) is 3.25. The quantitative estimate of drug-likeness (QED) is 0.808. The first-order valence-electron chi connectivity index (χ1n) is 8.39. The number of hydrogen-bond donors (Lipinski definition) is 0. The number of anilines is 1. The lowest BCUT2D eigenvalue weighted by Gasteiger charge is -2.27. The van der Waals surface area contributed by atoms with Crippen LogP contribution in [0.5, 0.6) is 0 Å². The van der Waals surface area contributed by atoms with Crippen molar-refractivity contribution in [1.82, 2.24) is 4.90 Å². The summed E-state index contributed by atoms with van der Waals surface area (Å²) in [5.41, 5.74) is 0.909. The average molecular weight is 342 g/mol. The first-order chi connectivity index (χ1) is 11.7. The van der Waals surface area contributed by atoms with Crippen LogP contribution in [-0.2, 0) is 16.0 Å². The van der Waals surface area contributed by atoms with Gasteiger partial charge in [0, 0.05) is 30.1 Å². The van der Waals surface area contributed by atoms with Crippen molar-refractivity contribution in [1.29, 1.82) is 0 Å². The summed E-state index contributed by atoms with van der Waals surface area (Å²) in [6.07, 6.45) is 1.91. The number of carbonyl (C=O) groups excluding carboxylic acids is 2. The minimum atomic E-state index is -0.328. The van der Waals surface area contributed by atoms with Crippen molar-refractivity contribution < 1.29 is 9.59 Å². The summed E-state index contributed by atoms with van der Waals surface area (Å²) >= 11 is 1.67. The summed E-state index contributed by atoms with van der Waals surface area (Å²) in [4.78, 5) is 30.1. The van der Waals surface area contributed by atoms with E-state index in [1.807, 2.05) is 54.8 Å². The number of amides is 2. The van der Waals surface area contributed by atoms with Crippen LogP contribution in [0.4, 0.5) is 5.69 Å². The SMILES string of the molecule is CCN(C(=O)CCc1cccs1)C1CCN(c2ccccc2)C1=O. The molecule has 3 rings (SSSR count). The molecule has 1 aliphatic rings. The van der Waals surface area contributed by atoms with E-state index in [0.717, 1.165) is 12.1 Å². The van der Waals surface area contributed by atoms with Crippen LogP contribution in [0.1, 0.15) is 24.6 Å². The zero-order chi connectivity index (χ0) is 16.9. The number of nitrogens with zero attached hydrogens (tertiary/aromatic N) is 2. The molecule has 0 saturated carbocycles. The number of likely N-dealkylation sites (N-methyl/N-ethyl adjacent to an activating group) is 1. The number of para-hydroxylation sites is 1. The van der Waals surface area contributed by atoms with E-state index in [2.05, 4.69) is 0 Å². The molecule has 1 aromatic carbocycles. The lowest BCUT2D eigenvalue weighted by atomic mass is 10.1. The van der Waals surface area contributed by atoms with Crippen molar-refractivity contribution in [3.05, 3.63) is 52.7 Å². The van der Waals surface area contributed by atoms with Gasteiger partial charge in [0.25, 0.3) is 0 Å². The molecular weight excluding hydrogens is 320 g/mol. The van der Waals surface area contributed by atoms with Gasteiger partial charge in [-0.3, -0.25) is 9.59 Å². The fourth-order valence-electron chi connectivity index (χ4n) is 3.22. The molecule has 24 heavy (non-hydrogen) atoms. The zero-order valence-corrected chi connectivity index (χ0v) is 14.7. The molecule has 0 N–H and O–H groups in total. The highest BCUT2D eigenvalue weighted by Crippen LogP contribution is 2.25. The van der Waals surface area contributed by atoms with Gasteiger partial charge in [-0.25, -0.2) is 0 Å². The molecule has 0 bridgehead atoms. The molecule has 0 spiro atoms. The van der Waals surface area contributed by atoms with E-state index in [4.69, 9.17) is 0 Å². The Morgan fingerprint density at radius 2 is 2.04 bits per heavy atom. The second kappa shape index (κ2) is 7.62. The van der Waals surface area contributed by atoms with Crippen LogP contribution in [-0.4, -0.2) is 35.8 Å². The Hall–Kier alpha value is -2.14. The summed E-state index contributed by atoms with van der Waals surface area (Å²) in [5.74, 6) is 0.103. The topological polar surface area (TPSA) is 40.6 Å². The van der Waals surface area contributed by atoms with E-state index in [-0.39, 0.29) is 17.9 Å².